The molecule has 0 spiro atoms. The van der Waals surface area contributed by atoms with Crippen LogP contribution in [0.25, 0.3) is 0 Å². The molecule has 2 N–H and O–H groups in total. The van der Waals surface area contributed by atoms with Crippen LogP contribution < -0.4 is 5.73 Å². The van der Waals surface area contributed by atoms with Gasteiger partial charge in [-0.15, -0.1) is 0 Å². The molecule has 1 heterocycles. The van der Waals surface area contributed by atoms with Crippen LogP contribution in [0.1, 0.15) is 30.2 Å². The molecule has 0 fully saturated rings. The van der Waals surface area contributed by atoms with E-state index in [1.54, 1.807) is 25.1 Å². The summed E-state index contributed by atoms with van der Waals surface area (Å²) in [5.74, 6) is 0.540. The molecule has 2 rings (SSSR count). The quantitative estimate of drug-likeness (QED) is 0.858. The van der Waals surface area contributed by atoms with Crippen LogP contribution in [0.4, 0.5) is 4.39 Å². The first kappa shape index (κ1) is 10.8. The van der Waals surface area contributed by atoms with Gasteiger partial charge >= 0.3 is 0 Å². The van der Waals surface area contributed by atoms with Crippen LogP contribution in [0.2, 0.25) is 0 Å². The van der Waals surface area contributed by atoms with Gasteiger partial charge in [0.05, 0.1) is 6.04 Å². The molecule has 0 saturated heterocycles. The number of aromatic nitrogens is 2. The van der Waals surface area contributed by atoms with E-state index in [0.29, 0.717) is 23.7 Å². The van der Waals surface area contributed by atoms with Crippen molar-refractivity contribution in [2.24, 2.45) is 5.73 Å². The summed E-state index contributed by atoms with van der Waals surface area (Å²) in [7, 11) is 0. The molecule has 5 heteroatoms. The van der Waals surface area contributed by atoms with Crippen molar-refractivity contribution in [3.8, 4) is 0 Å². The smallest absolute Gasteiger partial charge is 0.243 e. The summed E-state index contributed by atoms with van der Waals surface area (Å²) in [6, 6.07) is 6.20. The number of rotatable bonds is 3. The van der Waals surface area contributed by atoms with Crippen LogP contribution in [0.15, 0.2) is 28.8 Å². The van der Waals surface area contributed by atoms with Crippen LogP contribution in [-0.4, -0.2) is 10.1 Å². The second-order valence-electron chi connectivity index (χ2n) is 3.61. The number of hydrogen-bond donors (Lipinski definition) is 1. The highest BCUT2D eigenvalue weighted by Gasteiger charge is 2.11. The van der Waals surface area contributed by atoms with Crippen LogP contribution in [0.5, 0.6) is 0 Å². The van der Waals surface area contributed by atoms with Crippen molar-refractivity contribution in [3.63, 3.8) is 0 Å². The minimum atomic E-state index is -0.304. The zero-order valence-corrected chi connectivity index (χ0v) is 8.85. The fraction of sp³-hybridized carbons (Fsp3) is 0.273. The van der Waals surface area contributed by atoms with Crippen molar-refractivity contribution < 1.29 is 8.91 Å². The summed E-state index contributed by atoms with van der Waals surface area (Å²) < 4.78 is 18.3. The molecule has 0 bridgehead atoms. The summed E-state index contributed by atoms with van der Waals surface area (Å²) in [6.45, 7) is 1.75. The van der Waals surface area contributed by atoms with Gasteiger partial charge in [0.25, 0.3) is 0 Å². The summed E-state index contributed by atoms with van der Waals surface area (Å²) >= 11 is 0. The Labute approximate surface area is 92.3 Å². The Morgan fingerprint density at radius 1 is 1.44 bits per heavy atom. The van der Waals surface area contributed by atoms with E-state index < -0.39 is 0 Å². The van der Waals surface area contributed by atoms with E-state index in [4.69, 9.17) is 10.3 Å². The Bertz CT molecular complexity index is 482. The zero-order chi connectivity index (χ0) is 11.5. The average molecular weight is 221 g/mol. The number of nitrogens with two attached hydrogens (primary N) is 1. The number of benzene rings is 1. The number of hydrogen-bond acceptors (Lipinski definition) is 4. The van der Waals surface area contributed by atoms with Gasteiger partial charge in [-0.2, -0.15) is 4.98 Å². The molecule has 0 radical (unpaired) electrons. The van der Waals surface area contributed by atoms with Crippen LogP contribution >= 0.6 is 0 Å². The predicted molar refractivity (Wildman–Crippen MR) is 56.1 cm³/mol. The van der Waals surface area contributed by atoms with Gasteiger partial charge in [0.15, 0.2) is 5.82 Å². The monoisotopic (exact) mass is 221 g/mol. The van der Waals surface area contributed by atoms with E-state index >= 15 is 0 Å². The molecule has 0 amide bonds. The molecule has 0 aliphatic rings. The lowest BCUT2D eigenvalue weighted by Gasteiger charge is -1.97. The standard InChI is InChI=1S/C11H12FN3O/c1-7(13)11-14-10(15-16-11)6-8-4-2-3-5-9(8)12/h2-5,7H,6,13H2,1H3/t7-/m0/s1. The molecule has 1 atom stereocenters. The normalized spacial score (nSPS) is 12.7. The van der Waals surface area contributed by atoms with Gasteiger partial charge in [-0.05, 0) is 18.6 Å². The van der Waals surface area contributed by atoms with E-state index in [1.165, 1.54) is 6.07 Å². The SMILES string of the molecule is C[C@H](N)c1nc(Cc2ccccc2F)no1. The summed E-state index contributed by atoms with van der Waals surface area (Å²) in [5, 5.41) is 3.74. The molecule has 4 nitrogen and oxygen atoms in total. The van der Waals surface area contributed by atoms with E-state index in [0.717, 1.165) is 0 Å². The maximum absolute atomic E-state index is 13.3. The Hall–Kier alpha value is -1.75. The first-order chi connectivity index (χ1) is 7.66. The van der Waals surface area contributed by atoms with Gasteiger partial charge in [0.2, 0.25) is 5.89 Å². The van der Waals surface area contributed by atoms with E-state index in [9.17, 15) is 4.39 Å². The third-order valence-corrected chi connectivity index (χ3v) is 2.18. The average Bonchev–Trinajstić information content (AvgIpc) is 2.70. The lowest BCUT2D eigenvalue weighted by Crippen LogP contribution is -2.05. The van der Waals surface area contributed by atoms with Crippen molar-refractivity contribution >= 4 is 0 Å². The highest BCUT2D eigenvalue weighted by Crippen LogP contribution is 2.12. The molecule has 84 valence electrons. The van der Waals surface area contributed by atoms with Crippen molar-refractivity contribution in [1.82, 2.24) is 10.1 Å². The van der Waals surface area contributed by atoms with E-state index in [2.05, 4.69) is 10.1 Å². The largest absolute Gasteiger partial charge is 0.338 e. The maximum Gasteiger partial charge on any atom is 0.243 e. The Kier molecular flexibility index (Phi) is 2.96. The van der Waals surface area contributed by atoms with Crippen molar-refractivity contribution in [3.05, 3.63) is 47.4 Å². The molecule has 0 saturated carbocycles. The first-order valence-corrected chi connectivity index (χ1v) is 4.98. The van der Waals surface area contributed by atoms with Crippen LogP contribution in [0.3, 0.4) is 0 Å². The summed E-state index contributed by atoms with van der Waals surface area (Å²) in [4.78, 5) is 4.08. The Balaban J connectivity index is 2.18. The second-order valence-corrected chi connectivity index (χ2v) is 3.61. The van der Waals surface area contributed by atoms with Crippen molar-refractivity contribution in [2.45, 2.75) is 19.4 Å². The van der Waals surface area contributed by atoms with Gasteiger partial charge in [0, 0.05) is 6.42 Å². The second kappa shape index (κ2) is 4.40. The predicted octanol–water partition coefficient (Wildman–Crippen LogP) is 1.82. The molecule has 1 aromatic heterocycles. The van der Waals surface area contributed by atoms with Crippen molar-refractivity contribution in [2.75, 3.05) is 0 Å². The molecule has 1 aromatic carbocycles. The lowest BCUT2D eigenvalue weighted by atomic mass is 10.1. The first-order valence-electron chi connectivity index (χ1n) is 4.98. The molecule has 2 aromatic rings. The van der Waals surface area contributed by atoms with Gasteiger partial charge in [0.1, 0.15) is 5.82 Å². The van der Waals surface area contributed by atoms with Crippen LogP contribution in [0, 0.1) is 5.82 Å². The fourth-order valence-electron chi connectivity index (χ4n) is 1.34. The van der Waals surface area contributed by atoms with Crippen LogP contribution in [-0.2, 0) is 6.42 Å². The highest BCUT2D eigenvalue weighted by atomic mass is 19.1. The molecule has 0 aliphatic heterocycles. The Morgan fingerprint density at radius 2 is 2.19 bits per heavy atom. The van der Waals surface area contributed by atoms with Gasteiger partial charge in [-0.25, -0.2) is 4.39 Å². The molecular weight excluding hydrogens is 209 g/mol. The maximum atomic E-state index is 13.3. The molecule has 16 heavy (non-hydrogen) atoms. The lowest BCUT2D eigenvalue weighted by molar-refractivity contribution is 0.357. The third-order valence-electron chi connectivity index (χ3n) is 2.18. The van der Waals surface area contributed by atoms with Gasteiger partial charge in [-0.1, -0.05) is 23.4 Å². The highest BCUT2D eigenvalue weighted by molar-refractivity contribution is 5.20. The van der Waals surface area contributed by atoms with Crippen molar-refractivity contribution in [1.29, 1.82) is 0 Å². The zero-order valence-electron chi connectivity index (χ0n) is 8.85. The molecule has 0 aliphatic carbocycles. The third kappa shape index (κ3) is 2.25. The minimum absolute atomic E-state index is 0.269. The number of halogens is 1. The molecule has 0 unspecified atom stereocenters. The fourth-order valence-corrected chi connectivity index (χ4v) is 1.34. The van der Waals surface area contributed by atoms with Gasteiger partial charge in [-0.3, -0.25) is 0 Å². The number of nitrogens with zero attached hydrogens (tertiary/aromatic N) is 2. The van der Waals surface area contributed by atoms with E-state index in [-0.39, 0.29) is 11.9 Å². The topological polar surface area (TPSA) is 64.9 Å². The minimum Gasteiger partial charge on any atom is -0.338 e. The Morgan fingerprint density at radius 3 is 2.81 bits per heavy atom. The van der Waals surface area contributed by atoms with E-state index in [1.807, 2.05) is 0 Å². The summed E-state index contributed by atoms with van der Waals surface area (Å²) in [6.07, 6.45) is 0.308. The van der Waals surface area contributed by atoms with Gasteiger partial charge < -0.3 is 10.3 Å². The molecular formula is C11H12FN3O. The summed E-state index contributed by atoms with van der Waals surface area (Å²) in [5.41, 5.74) is 6.12.